The number of halogens is 1. The van der Waals surface area contributed by atoms with Gasteiger partial charge in [-0.05, 0) is 6.92 Å². The summed E-state index contributed by atoms with van der Waals surface area (Å²) < 4.78 is 5.39. The van der Waals surface area contributed by atoms with Crippen LogP contribution in [0.25, 0.3) is 10.2 Å². The summed E-state index contributed by atoms with van der Waals surface area (Å²) in [6, 6.07) is 0. The fourth-order valence-electron chi connectivity index (χ4n) is 1.28. The van der Waals surface area contributed by atoms with Gasteiger partial charge in [-0.15, -0.1) is 11.3 Å². The molecule has 0 bridgehead atoms. The minimum atomic E-state index is -0.369. The number of methoxy groups -OCH3 is 1. The molecule has 0 unspecified atom stereocenters. The van der Waals surface area contributed by atoms with E-state index in [-0.39, 0.29) is 5.97 Å². The average molecular weight is 243 g/mol. The van der Waals surface area contributed by atoms with Gasteiger partial charge in [0.15, 0.2) is 0 Å². The molecule has 0 amide bonds. The summed E-state index contributed by atoms with van der Waals surface area (Å²) in [6.45, 7) is 1.81. The number of fused-ring (bicyclic) bond motifs is 1. The third-order valence-electron chi connectivity index (χ3n) is 2.03. The van der Waals surface area contributed by atoms with Crippen molar-refractivity contribution >= 4 is 39.1 Å². The van der Waals surface area contributed by atoms with Gasteiger partial charge in [0.25, 0.3) is 0 Å². The lowest BCUT2D eigenvalue weighted by atomic mass is 10.2. The molecule has 2 aromatic heterocycles. The lowest BCUT2D eigenvalue weighted by molar-refractivity contribution is 0.0605. The van der Waals surface area contributed by atoms with Gasteiger partial charge in [0, 0.05) is 5.56 Å². The van der Waals surface area contributed by atoms with Crippen LogP contribution in [0.4, 0.5) is 0 Å². The normalized spacial score (nSPS) is 10.6. The predicted octanol–water partition coefficient (Wildman–Crippen LogP) is 2.44. The zero-order valence-corrected chi connectivity index (χ0v) is 9.65. The summed E-state index contributed by atoms with van der Waals surface area (Å²) in [5, 5.41) is 0.364. The Bertz CT molecular complexity index is 538. The van der Waals surface area contributed by atoms with Crippen molar-refractivity contribution in [3.63, 3.8) is 0 Å². The number of hydrogen-bond donors (Lipinski definition) is 0. The van der Waals surface area contributed by atoms with Gasteiger partial charge in [0.2, 0.25) is 0 Å². The Labute approximate surface area is 94.9 Å². The molecule has 0 N–H and O–H groups in total. The van der Waals surface area contributed by atoms with Gasteiger partial charge in [0.1, 0.15) is 16.4 Å². The van der Waals surface area contributed by atoms with Gasteiger partial charge in [-0.3, -0.25) is 0 Å². The molecule has 0 aliphatic carbocycles. The third kappa shape index (κ3) is 1.57. The fraction of sp³-hybridized carbons (Fsp3) is 0.222. The maximum atomic E-state index is 11.4. The minimum Gasteiger partial charge on any atom is -0.465 e. The predicted molar refractivity (Wildman–Crippen MR) is 58.5 cm³/mol. The van der Waals surface area contributed by atoms with E-state index in [1.165, 1.54) is 24.8 Å². The van der Waals surface area contributed by atoms with Gasteiger partial charge in [-0.1, -0.05) is 11.6 Å². The molecule has 0 atom stereocenters. The topological polar surface area (TPSA) is 52.1 Å². The van der Waals surface area contributed by atoms with Gasteiger partial charge < -0.3 is 4.74 Å². The van der Waals surface area contributed by atoms with Crippen LogP contribution >= 0.6 is 22.9 Å². The first-order valence-corrected chi connectivity index (χ1v) is 5.32. The van der Waals surface area contributed by atoms with Crippen molar-refractivity contribution in [3.8, 4) is 0 Å². The lowest BCUT2D eigenvalue weighted by Gasteiger charge is -1.94. The van der Waals surface area contributed by atoms with Crippen molar-refractivity contribution < 1.29 is 9.53 Å². The number of aryl methyl sites for hydroxylation is 1. The quantitative estimate of drug-likeness (QED) is 0.569. The zero-order chi connectivity index (χ0) is 11.0. The maximum absolute atomic E-state index is 11.4. The Morgan fingerprint density at radius 1 is 1.53 bits per heavy atom. The number of carbonyl (C=O) groups excluding carboxylic acids is 1. The first-order valence-electron chi connectivity index (χ1n) is 4.13. The molecule has 0 saturated heterocycles. The monoisotopic (exact) mass is 242 g/mol. The highest BCUT2D eigenvalue weighted by Gasteiger charge is 2.18. The molecular weight excluding hydrogens is 236 g/mol. The van der Waals surface area contributed by atoms with E-state index in [1.807, 2.05) is 6.92 Å². The molecular formula is C9H7ClN2O2S. The first-order chi connectivity index (χ1) is 7.15. The van der Waals surface area contributed by atoms with E-state index >= 15 is 0 Å². The molecule has 78 valence electrons. The van der Waals surface area contributed by atoms with E-state index in [1.54, 1.807) is 0 Å². The molecule has 0 aromatic carbocycles. The highest BCUT2D eigenvalue weighted by molar-refractivity contribution is 7.21. The van der Waals surface area contributed by atoms with Crippen LogP contribution in [0.15, 0.2) is 6.33 Å². The molecule has 0 aliphatic heterocycles. The highest BCUT2D eigenvalue weighted by Crippen LogP contribution is 2.33. The van der Waals surface area contributed by atoms with Crippen LogP contribution in [0.1, 0.15) is 15.2 Å². The van der Waals surface area contributed by atoms with Crippen molar-refractivity contribution in [1.29, 1.82) is 0 Å². The number of rotatable bonds is 1. The second-order valence-electron chi connectivity index (χ2n) is 2.89. The Balaban J connectivity index is 2.75. The van der Waals surface area contributed by atoms with Crippen LogP contribution in [0.5, 0.6) is 0 Å². The van der Waals surface area contributed by atoms with Gasteiger partial charge >= 0.3 is 5.97 Å². The summed E-state index contributed by atoms with van der Waals surface area (Å²) in [5.41, 5.74) is 1.49. The molecule has 0 saturated carbocycles. The summed E-state index contributed by atoms with van der Waals surface area (Å²) >= 11 is 7.15. The van der Waals surface area contributed by atoms with Gasteiger partial charge in [0.05, 0.1) is 17.3 Å². The molecule has 2 rings (SSSR count). The SMILES string of the molecule is COC(=O)c1sc2c(Cl)ncnc2c1C. The van der Waals surface area contributed by atoms with Crippen LogP contribution in [-0.2, 0) is 4.74 Å². The smallest absolute Gasteiger partial charge is 0.348 e. The number of aromatic nitrogens is 2. The van der Waals surface area contributed by atoms with Crippen LogP contribution in [0.2, 0.25) is 5.15 Å². The second-order valence-corrected chi connectivity index (χ2v) is 4.27. The summed E-state index contributed by atoms with van der Waals surface area (Å²) in [4.78, 5) is 19.9. The Hall–Kier alpha value is -1.20. The average Bonchev–Trinajstić information content (AvgIpc) is 2.57. The molecule has 6 heteroatoms. The Morgan fingerprint density at radius 3 is 2.87 bits per heavy atom. The molecule has 0 aliphatic rings. The van der Waals surface area contributed by atoms with E-state index < -0.39 is 0 Å². The van der Waals surface area contributed by atoms with Gasteiger partial charge in [-0.2, -0.15) is 0 Å². The summed E-state index contributed by atoms with van der Waals surface area (Å²) in [6.07, 6.45) is 1.38. The minimum absolute atomic E-state index is 0.364. The van der Waals surface area contributed by atoms with E-state index in [9.17, 15) is 4.79 Å². The van der Waals surface area contributed by atoms with E-state index in [0.717, 1.165) is 10.3 Å². The zero-order valence-electron chi connectivity index (χ0n) is 8.07. The number of thiophene rings is 1. The number of nitrogens with zero attached hydrogens (tertiary/aromatic N) is 2. The van der Waals surface area contributed by atoms with E-state index in [2.05, 4.69) is 14.7 Å². The van der Waals surface area contributed by atoms with Crippen molar-refractivity contribution in [2.45, 2.75) is 6.92 Å². The Morgan fingerprint density at radius 2 is 2.27 bits per heavy atom. The van der Waals surface area contributed by atoms with Crippen molar-refractivity contribution in [1.82, 2.24) is 9.97 Å². The standard InChI is InChI=1S/C9H7ClN2O2S/c1-4-5-7(8(10)12-3-11-5)15-6(4)9(13)14-2/h3H,1-2H3. The largest absolute Gasteiger partial charge is 0.465 e. The van der Waals surface area contributed by atoms with Crippen LogP contribution in [0, 0.1) is 6.92 Å². The van der Waals surface area contributed by atoms with Crippen LogP contribution < -0.4 is 0 Å². The van der Waals surface area contributed by atoms with Crippen LogP contribution in [0.3, 0.4) is 0 Å². The molecule has 4 nitrogen and oxygen atoms in total. The fourth-order valence-corrected chi connectivity index (χ4v) is 2.59. The molecule has 2 heterocycles. The maximum Gasteiger partial charge on any atom is 0.348 e. The van der Waals surface area contributed by atoms with Crippen molar-refractivity contribution in [3.05, 3.63) is 21.9 Å². The third-order valence-corrected chi connectivity index (χ3v) is 3.70. The van der Waals surface area contributed by atoms with Crippen molar-refractivity contribution in [2.75, 3.05) is 7.11 Å². The lowest BCUT2D eigenvalue weighted by Crippen LogP contribution is -1.99. The molecule has 0 spiro atoms. The van der Waals surface area contributed by atoms with E-state index in [4.69, 9.17) is 11.6 Å². The first kappa shape index (κ1) is 10.3. The number of ether oxygens (including phenoxy) is 1. The number of carbonyl (C=O) groups is 1. The Kier molecular flexibility index (Phi) is 2.58. The van der Waals surface area contributed by atoms with Crippen molar-refractivity contribution in [2.24, 2.45) is 0 Å². The molecule has 0 fully saturated rings. The summed E-state index contributed by atoms with van der Waals surface area (Å²) in [7, 11) is 1.35. The molecule has 15 heavy (non-hydrogen) atoms. The second kappa shape index (κ2) is 3.75. The van der Waals surface area contributed by atoms with E-state index in [0.29, 0.717) is 15.5 Å². The highest BCUT2D eigenvalue weighted by atomic mass is 35.5. The molecule has 0 radical (unpaired) electrons. The summed E-state index contributed by atoms with van der Waals surface area (Å²) in [5.74, 6) is -0.369. The number of hydrogen-bond acceptors (Lipinski definition) is 5. The van der Waals surface area contributed by atoms with Gasteiger partial charge in [-0.25, -0.2) is 14.8 Å². The van der Waals surface area contributed by atoms with Crippen LogP contribution in [-0.4, -0.2) is 23.0 Å². The molecule has 2 aromatic rings. The number of esters is 1.